The van der Waals surface area contributed by atoms with Gasteiger partial charge < -0.3 is 15.7 Å². The highest BCUT2D eigenvalue weighted by atomic mass is 32.1. The number of aromatic nitrogens is 1. The second kappa shape index (κ2) is 5.81. The lowest BCUT2D eigenvalue weighted by Crippen LogP contribution is -2.47. The molecule has 2 rings (SSSR count). The van der Waals surface area contributed by atoms with Crippen LogP contribution in [0.5, 0.6) is 0 Å². The number of urea groups is 1. The molecule has 0 saturated heterocycles. The smallest absolute Gasteiger partial charge is 0.326 e. The number of carbonyl (C=O) groups is 2. The second-order valence-electron chi connectivity index (χ2n) is 4.23. The third kappa shape index (κ3) is 3.69. The monoisotopic (exact) mass is 269 g/mol. The topological polar surface area (TPSA) is 91.3 Å². The van der Waals surface area contributed by atoms with Crippen molar-refractivity contribution in [3.8, 4) is 0 Å². The van der Waals surface area contributed by atoms with Gasteiger partial charge in [0.1, 0.15) is 6.04 Å². The van der Waals surface area contributed by atoms with Gasteiger partial charge in [-0.15, -0.1) is 11.3 Å². The molecule has 0 spiro atoms. The number of rotatable bonds is 6. The molecule has 0 aromatic carbocycles. The molecule has 0 bridgehead atoms. The van der Waals surface area contributed by atoms with Crippen LogP contribution < -0.4 is 10.6 Å². The molecule has 3 N–H and O–H groups in total. The van der Waals surface area contributed by atoms with Crippen LogP contribution in [0.15, 0.2) is 11.6 Å². The van der Waals surface area contributed by atoms with Crippen molar-refractivity contribution in [2.75, 3.05) is 6.54 Å². The van der Waals surface area contributed by atoms with Crippen LogP contribution in [0, 0.1) is 5.92 Å². The molecule has 2 amide bonds. The number of amides is 2. The van der Waals surface area contributed by atoms with E-state index in [0.717, 1.165) is 17.8 Å². The first kappa shape index (κ1) is 12.8. The molecule has 1 fully saturated rings. The highest BCUT2D eigenvalue weighted by Crippen LogP contribution is 2.32. The Morgan fingerprint density at radius 2 is 2.33 bits per heavy atom. The van der Waals surface area contributed by atoms with Gasteiger partial charge in [-0.2, -0.15) is 0 Å². The minimum absolute atomic E-state index is 0.0900. The maximum absolute atomic E-state index is 11.5. The SMILES string of the molecule is O=C(NCCc1nccs1)NC(C(=O)O)C1CC1. The van der Waals surface area contributed by atoms with Gasteiger partial charge in [0.25, 0.3) is 0 Å². The molecule has 1 unspecified atom stereocenters. The Labute approximate surface area is 108 Å². The average molecular weight is 269 g/mol. The van der Waals surface area contributed by atoms with Gasteiger partial charge in [0, 0.05) is 24.5 Å². The molecule has 1 aliphatic carbocycles. The minimum Gasteiger partial charge on any atom is -0.480 e. The van der Waals surface area contributed by atoms with Crippen LogP contribution in [-0.4, -0.2) is 34.7 Å². The lowest BCUT2D eigenvalue weighted by molar-refractivity contribution is -0.139. The first-order valence-electron chi connectivity index (χ1n) is 5.82. The number of carboxylic acid groups (broad SMARTS) is 1. The molecule has 18 heavy (non-hydrogen) atoms. The van der Waals surface area contributed by atoms with Crippen molar-refractivity contribution in [2.24, 2.45) is 5.92 Å². The Bertz CT molecular complexity index is 417. The normalized spacial score (nSPS) is 16.0. The Morgan fingerprint density at radius 3 is 2.89 bits per heavy atom. The van der Waals surface area contributed by atoms with Crippen LogP contribution in [0.25, 0.3) is 0 Å². The van der Waals surface area contributed by atoms with Crippen LogP contribution in [-0.2, 0) is 11.2 Å². The van der Waals surface area contributed by atoms with Crippen LogP contribution in [0.1, 0.15) is 17.8 Å². The maximum Gasteiger partial charge on any atom is 0.326 e. The van der Waals surface area contributed by atoms with Crippen molar-refractivity contribution in [3.05, 3.63) is 16.6 Å². The minimum atomic E-state index is -0.965. The van der Waals surface area contributed by atoms with Crippen LogP contribution >= 0.6 is 11.3 Å². The number of carboxylic acids is 1. The third-order valence-electron chi connectivity index (χ3n) is 2.75. The zero-order valence-corrected chi connectivity index (χ0v) is 10.6. The van der Waals surface area contributed by atoms with E-state index >= 15 is 0 Å². The van der Waals surface area contributed by atoms with Crippen molar-refractivity contribution in [1.82, 2.24) is 15.6 Å². The van der Waals surface area contributed by atoms with Crippen LogP contribution in [0.2, 0.25) is 0 Å². The number of carbonyl (C=O) groups excluding carboxylic acids is 1. The fourth-order valence-corrected chi connectivity index (χ4v) is 2.28. The predicted molar refractivity (Wildman–Crippen MR) is 66.5 cm³/mol. The van der Waals surface area contributed by atoms with Crippen molar-refractivity contribution < 1.29 is 14.7 Å². The van der Waals surface area contributed by atoms with Crippen molar-refractivity contribution in [3.63, 3.8) is 0 Å². The fraction of sp³-hybridized carbons (Fsp3) is 0.545. The van der Waals surface area contributed by atoms with E-state index in [2.05, 4.69) is 15.6 Å². The molecule has 1 saturated carbocycles. The van der Waals surface area contributed by atoms with Gasteiger partial charge in [0.05, 0.1) is 5.01 Å². The summed E-state index contributed by atoms with van der Waals surface area (Å²) >= 11 is 1.53. The van der Waals surface area contributed by atoms with Gasteiger partial charge in [0.2, 0.25) is 0 Å². The number of nitrogens with one attached hydrogen (secondary N) is 2. The molecular formula is C11H15N3O3S. The molecule has 1 aromatic rings. The largest absolute Gasteiger partial charge is 0.480 e. The van der Waals surface area contributed by atoms with E-state index in [-0.39, 0.29) is 5.92 Å². The summed E-state index contributed by atoms with van der Waals surface area (Å²) in [6.07, 6.45) is 4.12. The summed E-state index contributed by atoms with van der Waals surface area (Å²) in [7, 11) is 0. The molecule has 98 valence electrons. The number of aliphatic carboxylic acids is 1. The first-order chi connectivity index (χ1) is 8.66. The quantitative estimate of drug-likeness (QED) is 0.714. The van der Waals surface area contributed by atoms with Gasteiger partial charge >= 0.3 is 12.0 Å². The second-order valence-corrected chi connectivity index (χ2v) is 5.21. The maximum atomic E-state index is 11.5. The number of nitrogens with zero attached hydrogens (tertiary/aromatic N) is 1. The van der Waals surface area contributed by atoms with Crippen molar-refractivity contribution in [2.45, 2.75) is 25.3 Å². The van der Waals surface area contributed by atoms with E-state index in [4.69, 9.17) is 5.11 Å². The first-order valence-corrected chi connectivity index (χ1v) is 6.70. The molecular weight excluding hydrogens is 254 g/mol. The zero-order chi connectivity index (χ0) is 13.0. The van der Waals surface area contributed by atoms with Gasteiger partial charge in [-0.05, 0) is 18.8 Å². The Balaban J connectivity index is 1.69. The highest BCUT2D eigenvalue weighted by Gasteiger charge is 2.37. The molecule has 0 aliphatic heterocycles. The Hall–Kier alpha value is -1.63. The van der Waals surface area contributed by atoms with E-state index in [1.807, 2.05) is 5.38 Å². The Morgan fingerprint density at radius 1 is 1.56 bits per heavy atom. The summed E-state index contributed by atoms with van der Waals surface area (Å²) in [4.78, 5) is 26.5. The van der Waals surface area contributed by atoms with Gasteiger partial charge in [-0.3, -0.25) is 0 Å². The van der Waals surface area contributed by atoms with E-state index in [0.29, 0.717) is 13.0 Å². The lowest BCUT2D eigenvalue weighted by atomic mass is 10.2. The number of thiazole rings is 1. The molecule has 7 heteroatoms. The van der Waals surface area contributed by atoms with Gasteiger partial charge in [0.15, 0.2) is 0 Å². The van der Waals surface area contributed by atoms with Crippen molar-refractivity contribution in [1.29, 1.82) is 0 Å². The van der Waals surface area contributed by atoms with E-state index < -0.39 is 18.0 Å². The highest BCUT2D eigenvalue weighted by molar-refractivity contribution is 7.09. The predicted octanol–water partition coefficient (Wildman–Crippen LogP) is 0.848. The Kier molecular flexibility index (Phi) is 4.14. The van der Waals surface area contributed by atoms with Crippen LogP contribution in [0.3, 0.4) is 0 Å². The summed E-state index contributed by atoms with van der Waals surface area (Å²) in [6.45, 7) is 0.455. The number of hydrogen-bond acceptors (Lipinski definition) is 4. The summed E-state index contributed by atoms with van der Waals surface area (Å²) in [5.74, 6) is -0.875. The molecule has 1 atom stereocenters. The molecule has 1 aromatic heterocycles. The van der Waals surface area contributed by atoms with Gasteiger partial charge in [-0.1, -0.05) is 0 Å². The van der Waals surface area contributed by atoms with Gasteiger partial charge in [-0.25, -0.2) is 14.6 Å². The zero-order valence-electron chi connectivity index (χ0n) is 9.76. The lowest BCUT2D eigenvalue weighted by Gasteiger charge is -2.13. The molecule has 1 aliphatic rings. The average Bonchev–Trinajstić information content (AvgIpc) is 3.03. The summed E-state index contributed by atoms with van der Waals surface area (Å²) in [5.41, 5.74) is 0. The summed E-state index contributed by atoms with van der Waals surface area (Å²) in [6, 6.07) is -1.18. The van der Waals surface area contributed by atoms with Crippen LogP contribution in [0.4, 0.5) is 4.79 Å². The standard InChI is InChI=1S/C11H15N3O3S/c15-10(16)9(7-1-2-7)14-11(17)13-4-3-8-12-5-6-18-8/h5-7,9H,1-4H2,(H,15,16)(H2,13,14,17). The van der Waals surface area contributed by atoms with Crippen molar-refractivity contribution >= 4 is 23.3 Å². The summed E-state index contributed by atoms with van der Waals surface area (Å²) < 4.78 is 0. The van der Waals surface area contributed by atoms with E-state index in [9.17, 15) is 9.59 Å². The molecule has 1 heterocycles. The summed E-state index contributed by atoms with van der Waals surface area (Å²) in [5, 5.41) is 16.9. The number of hydrogen-bond donors (Lipinski definition) is 3. The van der Waals surface area contributed by atoms with E-state index in [1.165, 1.54) is 11.3 Å². The third-order valence-corrected chi connectivity index (χ3v) is 3.59. The molecule has 0 radical (unpaired) electrons. The van der Waals surface area contributed by atoms with E-state index in [1.54, 1.807) is 6.20 Å². The fourth-order valence-electron chi connectivity index (χ4n) is 1.66. The molecule has 6 nitrogen and oxygen atoms in total.